The van der Waals surface area contributed by atoms with Gasteiger partial charge in [-0.2, -0.15) is 0 Å². The maximum absolute atomic E-state index is 3.58. The number of aromatic nitrogens is 2. The van der Waals surface area contributed by atoms with Gasteiger partial charge < -0.3 is 9.55 Å². The first kappa shape index (κ1) is 14.1. The lowest BCUT2D eigenvalue weighted by atomic mass is 10.2. The van der Waals surface area contributed by atoms with Crippen LogP contribution in [0.3, 0.4) is 0 Å². The molecule has 2 aromatic heterocycles. The second-order valence-corrected chi connectivity index (χ2v) is 6.43. The number of nitrogens with zero attached hydrogens (tertiary/aromatic N) is 1. The molecule has 2 heteroatoms. The number of H-pyrrole nitrogens is 1. The molecule has 0 amide bonds. The zero-order chi connectivity index (χ0) is 16.6. The molecule has 0 saturated heterocycles. The van der Waals surface area contributed by atoms with Crippen LogP contribution in [0.5, 0.6) is 0 Å². The Balaban J connectivity index is 1.72. The van der Waals surface area contributed by atoms with Crippen LogP contribution in [0.1, 0.15) is 5.56 Å². The zero-order valence-corrected chi connectivity index (χ0v) is 13.8. The summed E-state index contributed by atoms with van der Waals surface area (Å²) in [5.74, 6) is 0. The number of benzene rings is 3. The van der Waals surface area contributed by atoms with E-state index >= 15 is 0 Å². The molecule has 1 N–H and O–H groups in total. The molecular weight excluding hydrogens is 304 g/mol. The summed E-state index contributed by atoms with van der Waals surface area (Å²) < 4.78 is 2.40. The summed E-state index contributed by atoms with van der Waals surface area (Å²) >= 11 is 0. The van der Waals surface area contributed by atoms with Crippen molar-refractivity contribution in [2.24, 2.45) is 0 Å². The highest BCUT2D eigenvalue weighted by molar-refractivity contribution is 5.90. The van der Waals surface area contributed by atoms with Crippen LogP contribution >= 0.6 is 0 Å². The van der Waals surface area contributed by atoms with Gasteiger partial charge in [-0.25, -0.2) is 0 Å². The topological polar surface area (TPSA) is 20.7 Å². The SMILES string of the molecule is c1ccc(Cn2c(-c3cc4ccccc4[nH]3)cc3ccccc32)cc1. The molecule has 0 atom stereocenters. The zero-order valence-electron chi connectivity index (χ0n) is 13.8. The molecule has 0 radical (unpaired) electrons. The number of hydrogen-bond donors (Lipinski definition) is 1. The van der Waals surface area contributed by atoms with Crippen LogP contribution in [0.25, 0.3) is 33.2 Å². The summed E-state index contributed by atoms with van der Waals surface area (Å²) in [6, 6.07) is 32.2. The van der Waals surface area contributed by atoms with E-state index in [0.717, 1.165) is 12.2 Å². The molecule has 120 valence electrons. The Labute approximate surface area is 146 Å². The number of rotatable bonds is 3. The Hall–Kier alpha value is -3.26. The summed E-state index contributed by atoms with van der Waals surface area (Å²) in [4.78, 5) is 3.58. The molecule has 0 aliphatic heterocycles. The van der Waals surface area contributed by atoms with Gasteiger partial charge >= 0.3 is 0 Å². The highest BCUT2D eigenvalue weighted by Gasteiger charge is 2.13. The Bertz CT molecular complexity index is 1130. The molecule has 0 spiro atoms. The molecule has 0 saturated carbocycles. The van der Waals surface area contributed by atoms with E-state index in [4.69, 9.17) is 0 Å². The molecule has 5 rings (SSSR count). The minimum Gasteiger partial charge on any atom is -0.353 e. The second-order valence-electron chi connectivity index (χ2n) is 6.43. The van der Waals surface area contributed by atoms with Gasteiger partial charge in [0.1, 0.15) is 0 Å². The van der Waals surface area contributed by atoms with Crippen LogP contribution in [-0.2, 0) is 6.54 Å². The van der Waals surface area contributed by atoms with Gasteiger partial charge in [0.2, 0.25) is 0 Å². The molecule has 2 nitrogen and oxygen atoms in total. The molecular formula is C23H18N2. The summed E-state index contributed by atoms with van der Waals surface area (Å²) in [6.45, 7) is 0.860. The highest BCUT2D eigenvalue weighted by atomic mass is 15.0. The molecule has 2 heterocycles. The second kappa shape index (κ2) is 5.67. The maximum Gasteiger partial charge on any atom is 0.0660 e. The van der Waals surface area contributed by atoms with E-state index in [1.54, 1.807) is 0 Å². The molecule has 5 aromatic rings. The van der Waals surface area contributed by atoms with Crippen molar-refractivity contribution in [3.63, 3.8) is 0 Å². The van der Waals surface area contributed by atoms with Gasteiger partial charge in [-0.05, 0) is 29.8 Å². The van der Waals surface area contributed by atoms with Crippen LogP contribution in [-0.4, -0.2) is 9.55 Å². The quantitative estimate of drug-likeness (QED) is 0.431. The van der Waals surface area contributed by atoms with Crippen LogP contribution in [0, 0.1) is 0 Å². The van der Waals surface area contributed by atoms with E-state index in [1.165, 1.54) is 33.1 Å². The lowest BCUT2D eigenvalue weighted by Gasteiger charge is -2.10. The number of para-hydroxylation sites is 2. The average Bonchev–Trinajstić information content (AvgIpc) is 3.24. The number of fused-ring (bicyclic) bond motifs is 2. The third-order valence-electron chi connectivity index (χ3n) is 4.80. The van der Waals surface area contributed by atoms with Gasteiger partial charge in [0.25, 0.3) is 0 Å². The first-order valence-corrected chi connectivity index (χ1v) is 8.59. The molecule has 0 bridgehead atoms. The Morgan fingerprint density at radius 3 is 2.24 bits per heavy atom. The van der Waals surface area contributed by atoms with Gasteiger partial charge in [-0.15, -0.1) is 0 Å². The lowest BCUT2D eigenvalue weighted by molar-refractivity contribution is 0.843. The third-order valence-corrected chi connectivity index (χ3v) is 4.80. The maximum atomic E-state index is 3.58. The van der Waals surface area contributed by atoms with Gasteiger partial charge in [0.15, 0.2) is 0 Å². The van der Waals surface area contributed by atoms with E-state index in [-0.39, 0.29) is 0 Å². The van der Waals surface area contributed by atoms with Gasteiger partial charge in [0, 0.05) is 28.4 Å². The fraction of sp³-hybridized carbons (Fsp3) is 0.0435. The van der Waals surface area contributed by atoms with Crippen molar-refractivity contribution >= 4 is 21.8 Å². The number of nitrogens with one attached hydrogen (secondary N) is 1. The number of hydrogen-bond acceptors (Lipinski definition) is 0. The van der Waals surface area contributed by atoms with E-state index in [1.807, 2.05) is 0 Å². The lowest BCUT2D eigenvalue weighted by Crippen LogP contribution is -2.01. The summed E-state index contributed by atoms with van der Waals surface area (Å²) in [5, 5.41) is 2.51. The molecule has 25 heavy (non-hydrogen) atoms. The monoisotopic (exact) mass is 322 g/mol. The smallest absolute Gasteiger partial charge is 0.0660 e. The fourth-order valence-corrected chi connectivity index (χ4v) is 3.58. The van der Waals surface area contributed by atoms with Crippen molar-refractivity contribution in [3.05, 3.63) is 96.6 Å². The van der Waals surface area contributed by atoms with E-state index < -0.39 is 0 Å². The molecule has 3 aromatic carbocycles. The van der Waals surface area contributed by atoms with Crippen LogP contribution in [0.2, 0.25) is 0 Å². The Kier molecular flexibility index (Phi) is 3.20. The molecule has 0 aliphatic rings. The standard InChI is InChI=1S/C23H18N2/c1-2-8-17(9-3-1)16-25-22-13-7-5-11-19(22)15-23(25)21-14-18-10-4-6-12-20(18)24-21/h1-15,24H,16H2. The molecule has 0 aliphatic carbocycles. The predicted molar refractivity (Wildman–Crippen MR) is 105 cm³/mol. The average molecular weight is 322 g/mol. The van der Waals surface area contributed by atoms with Crippen molar-refractivity contribution < 1.29 is 0 Å². The summed E-state index contributed by atoms with van der Waals surface area (Å²) in [6.07, 6.45) is 0. The van der Waals surface area contributed by atoms with E-state index in [0.29, 0.717) is 0 Å². The minimum atomic E-state index is 0.860. The van der Waals surface area contributed by atoms with Crippen LogP contribution in [0.4, 0.5) is 0 Å². The summed E-state index contributed by atoms with van der Waals surface area (Å²) in [5.41, 5.74) is 6.13. The Morgan fingerprint density at radius 2 is 1.40 bits per heavy atom. The van der Waals surface area contributed by atoms with Gasteiger partial charge in [0.05, 0.1) is 11.4 Å². The molecule has 0 unspecified atom stereocenters. The van der Waals surface area contributed by atoms with Crippen LogP contribution in [0.15, 0.2) is 91.0 Å². The predicted octanol–water partition coefficient (Wildman–Crippen LogP) is 5.84. The van der Waals surface area contributed by atoms with Gasteiger partial charge in [-0.1, -0.05) is 66.7 Å². The van der Waals surface area contributed by atoms with Crippen molar-refractivity contribution in [2.75, 3.05) is 0 Å². The van der Waals surface area contributed by atoms with Gasteiger partial charge in [-0.3, -0.25) is 0 Å². The largest absolute Gasteiger partial charge is 0.353 e. The van der Waals surface area contributed by atoms with Crippen molar-refractivity contribution in [1.29, 1.82) is 0 Å². The first-order chi connectivity index (χ1) is 12.4. The van der Waals surface area contributed by atoms with E-state index in [2.05, 4.69) is 101 Å². The molecule has 0 fully saturated rings. The van der Waals surface area contributed by atoms with E-state index in [9.17, 15) is 0 Å². The normalized spacial score (nSPS) is 11.4. The third kappa shape index (κ3) is 2.43. The first-order valence-electron chi connectivity index (χ1n) is 8.59. The van der Waals surface area contributed by atoms with Crippen LogP contribution < -0.4 is 0 Å². The summed E-state index contributed by atoms with van der Waals surface area (Å²) in [7, 11) is 0. The van der Waals surface area contributed by atoms with Crippen molar-refractivity contribution in [1.82, 2.24) is 9.55 Å². The minimum absolute atomic E-state index is 0.860. The highest BCUT2D eigenvalue weighted by Crippen LogP contribution is 2.30. The van der Waals surface area contributed by atoms with Crippen molar-refractivity contribution in [2.45, 2.75) is 6.54 Å². The van der Waals surface area contributed by atoms with Crippen molar-refractivity contribution in [3.8, 4) is 11.4 Å². The Morgan fingerprint density at radius 1 is 0.680 bits per heavy atom. The number of aromatic amines is 1. The fourth-order valence-electron chi connectivity index (χ4n) is 3.58.